The molecule has 0 spiro atoms. The summed E-state index contributed by atoms with van der Waals surface area (Å²) in [6.07, 6.45) is 41.8. The number of nitrogens with zero attached hydrogens (tertiary/aromatic N) is 1. The number of allylic oxidation sites excluding steroid dienone is 4. The number of esters is 1. The summed E-state index contributed by atoms with van der Waals surface area (Å²) in [4.78, 5) is 25.0. The summed E-state index contributed by atoms with van der Waals surface area (Å²) >= 11 is 0. The van der Waals surface area contributed by atoms with Crippen LogP contribution in [0.25, 0.3) is 0 Å². The summed E-state index contributed by atoms with van der Waals surface area (Å²) in [7, 11) is 1.35. The molecule has 0 radical (unpaired) electrons. The lowest BCUT2D eigenvalue weighted by molar-refractivity contribution is -0.870. The van der Waals surface area contributed by atoms with Crippen LogP contribution in [0.4, 0.5) is 0 Å². The Morgan fingerprint density at radius 1 is 0.566 bits per heavy atom. The second kappa shape index (κ2) is 37.9. The van der Waals surface area contributed by atoms with Crippen LogP contribution in [-0.4, -0.2) is 70.7 Å². The van der Waals surface area contributed by atoms with E-state index in [1.165, 1.54) is 128 Å². The zero-order valence-corrected chi connectivity index (χ0v) is 36.4. The van der Waals surface area contributed by atoms with Gasteiger partial charge in [-0.25, -0.2) is 0 Å². The molecule has 8 nitrogen and oxygen atoms in total. The van der Waals surface area contributed by atoms with Gasteiger partial charge in [0.1, 0.15) is 19.3 Å². The highest BCUT2D eigenvalue weighted by atomic mass is 31.2. The summed E-state index contributed by atoms with van der Waals surface area (Å²) in [6.45, 7) is 5.39. The Morgan fingerprint density at radius 3 is 1.45 bits per heavy atom. The van der Waals surface area contributed by atoms with E-state index in [-0.39, 0.29) is 25.8 Å². The number of likely N-dealkylation sites (N-methyl/N-ethyl adjacent to an activating group) is 1. The van der Waals surface area contributed by atoms with Gasteiger partial charge in [0.2, 0.25) is 0 Å². The molecule has 0 bridgehead atoms. The van der Waals surface area contributed by atoms with Crippen LogP contribution in [0, 0.1) is 0 Å². The summed E-state index contributed by atoms with van der Waals surface area (Å²) in [5.74, 6) is -0.343. The average molecular weight is 772 g/mol. The summed E-state index contributed by atoms with van der Waals surface area (Å²) in [5, 5.41) is 0. The van der Waals surface area contributed by atoms with Gasteiger partial charge in [-0.1, -0.05) is 147 Å². The van der Waals surface area contributed by atoms with E-state index in [2.05, 4.69) is 38.2 Å². The first-order valence-corrected chi connectivity index (χ1v) is 23.5. The van der Waals surface area contributed by atoms with Gasteiger partial charge < -0.3 is 27.9 Å². The number of phosphoric acid groups is 1. The summed E-state index contributed by atoms with van der Waals surface area (Å²) in [5.41, 5.74) is 0. The van der Waals surface area contributed by atoms with Crippen molar-refractivity contribution in [1.29, 1.82) is 0 Å². The molecule has 0 aromatic heterocycles. The summed E-state index contributed by atoms with van der Waals surface area (Å²) < 4.78 is 34.6. The molecule has 0 heterocycles. The fraction of sp³-hybridized carbons (Fsp3) is 0.886. The van der Waals surface area contributed by atoms with Gasteiger partial charge in [-0.2, -0.15) is 0 Å². The second-order valence-electron chi connectivity index (χ2n) is 16.0. The number of rotatable bonds is 41. The highest BCUT2D eigenvalue weighted by Crippen LogP contribution is 2.38. The fourth-order valence-corrected chi connectivity index (χ4v) is 6.73. The van der Waals surface area contributed by atoms with Crippen LogP contribution in [-0.2, 0) is 27.9 Å². The Hall–Kier alpha value is -1.02. The minimum absolute atomic E-state index is 0.0251. The number of carbonyl (C=O) groups is 1. The first-order chi connectivity index (χ1) is 25.6. The first kappa shape index (κ1) is 52.0. The van der Waals surface area contributed by atoms with Gasteiger partial charge in [-0.15, -0.1) is 0 Å². The highest BCUT2D eigenvalue weighted by molar-refractivity contribution is 7.45. The maximum absolute atomic E-state index is 12.6. The standard InChI is InChI=1S/C44H86NO7P/c1-6-8-10-12-14-16-18-20-21-22-23-24-26-28-30-32-34-36-39-49-41-43(42-51-53(47,48)50-40-38-45(3,4)5)52-44(46)37-35-33-31-29-27-25-19-17-15-13-11-9-7-2/h17,19-21,43H,6-16,18,22-42H2,1-5H3/b19-17-,21-20-. The van der Waals surface area contributed by atoms with Gasteiger partial charge in [0, 0.05) is 13.0 Å². The minimum atomic E-state index is -4.52. The predicted molar refractivity (Wildman–Crippen MR) is 222 cm³/mol. The number of phosphoric ester groups is 1. The zero-order chi connectivity index (χ0) is 39.1. The van der Waals surface area contributed by atoms with Gasteiger partial charge in [-0.05, 0) is 64.2 Å². The SMILES string of the molecule is CCCCCC/C=C\CCCCCCCC(=O)OC(COCCCCCCCCCC/C=C\CCCCCCCC)COP(=O)([O-])OCC[N+](C)(C)C. The van der Waals surface area contributed by atoms with Crippen molar-refractivity contribution in [2.45, 2.75) is 200 Å². The van der Waals surface area contributed by atoms with Crippen molar-refractivity contribution in [3.05, 3.63) is 24.3 Å². The van der Waals surface area contributed by atoms with Crippen LogP contribution in [0.5, 0.6) is 0 Å². The van der Waals surface area contributed by atoms with Crippen molar-refractivity contribution < 1.29 is 37.3 Å². The Balaban J connectivity index is 4.21. The van der Waals surface area contributed by atoms with E-state index in [0.717, 1.165) is 44.9 Å². The molecule has 0 aliphatic heterocycles. The molecular formula is C44H86NO7P. The van der Waals surface area contributed by atoms with E-state index in [4.69, 9.17) is 18.5 Å². The van der Waals surface area contributed by atoms with Crippen molar-refractivity contribution >= 4 is 13.8 Å². The molecule has 0 rings (SSSR count). The van der Waals surface area contributed by atoms with Gasteiger partial charge in [0.15, 0.2) is 0 Å². The Labute approximate surface area is 328 Å². The van der Waals surface area contributed by atoms with E-state index in [1.54, 1.807) is 0 Å². The molecule has 0 aliphatic rings. The third kappa shape index (κ3) is 42.0. The largest absolute Gasteiger partial charge is 0.756 e. The van der Waals surface area contributed by atoms with E-state index in [0.29, 0.717) is 24.1 Å². The van der Waals surface area contributed by atoms with Crippen molar-refractivity contribution in [2.75, 3.05) is 54.1 Å². The molecule has 0 aliphatic carbocycles. The molecule has 0 fully saturated rings. The highest BCUT2D eigenvalue weighted by Gasteiger charge is 2.20. The molecular weight excluding hydrogens is 685 g/mol. The number of carbonyl (C=O) groups excluding carboxylic acids is 1. The van der Waals surface area contributed by atoms with Crippen molar-refractivity contribution in [3.8, 4) is 0 Å². The Kier molecular flexibility index (Phi) is 37.2. The Bertz CT molecular complexity index is 905. The van der Waals surface area contributed by atoms with Crippen molar-refractivity contribution in [2.24, 2.45) is 0 Å². The monoisotopic (exact) mass is 772 g/mol. The third-order valence-electron chi connectivity index (χ3n) is 9.48. The molecule has 9 heteroatoms. The van der Waals surface area contributed by atoms with Gasteiger partial charge in [0.05, 0.1) is 34.4 Å². The molecule has 0 saturated carbocycles. The van der Waals surface area contributed by atoms with Crippen LogP contribution >= 0.6 is 7.82 Å². The molecule has 0 N–H and O–H groups in total. The first-order valence-electron chi connectivity index (χ1n) is 22.1. The van der Waals surface area contributed by atoms with E-state index in [9.17, 15) is 14.3 Å². The van der Waals surface area contributed by atoms with Crippen LogP contribution in [0.2, 0.25) is 0 Å². The number of ether oxygens (including phenoxy) is 2. The third-order valence-corrected chi connectivity index (χ3v) is 10.4. The van der Waals surface area contributed by atoms with Crippen molar-refractivity contribution in [1.82, 2.24) is 0 Å². The topological polar surface area (TPSA) is 94.1 Å². The molecule has 0 aromatic rings. The van der Waals surface area contributed by atoms with Crippen LogP contribution in [0.3, 0.4) is 0 Å². The molecule has 0 aromatic carbocycles. The van der Waals surface area contributed by atoms with Crippen LogP contribution in [0.15, 0.2) is 24.3 Å². The number of hydrogen-bond acceptors (Lipinski definition) is 7. The maximum Gasteiger partial charge on any atom is 0.306 e. The fourth-order valence-electron chi connectivity index (χ4n) is 6.01. The lowest BCUT2D eigenvalue weighted by Crippen LogP contribution is -2.37. The number of quaternary nitrogens is 1. The van der Waals surface area contributed by atoms with Crippen LogP contribution in [0.1, 0.15) is 194 Å². The smallest absolute Gasteiger partial charge is 0.306 e. The van der Waals surface area contributed by atoms with E-state index >= 15 is 0 Å². The minimum Gasteiger partial charge on any atom is -0.756 e. The zero-order valence-electron chi connectivity index (χ0n) is 35.5. The lowest BCUT2D eigenvalue weighted by Gasteiger charge is -2.28. The second-order valence-corrected chi connectivity index (χ2v) is 17.5. The molecule has 2 unspecified atom stereocenters. The summed E-state index contributed by atoms with van der Waals surface area (Å²) in [6, 6.07) is 0. The lowest BCUT2D eigenvalue weighted by atomic mass is 10.1. The van der Waals surface area contributed by atoms with Crippen LogP contribution < -0.4 is 4.89 Å². The average Bonchev–Trinajstić information content (AvgIpc) is 3.11. The molecule has 53 heavy (non-hydrogen) atoms. The Morgan fingerprint density at radius 2 is 0.981 bits per heavy atom. The van der Waals surface area contributed by atoms with Gasteiger partial charge in [-0.3, -0.25) is 9.36 Å². The normalized spacial score (nSPS) is 14.0. The number of hydrogen-bond donors (Lipinski definition) is 0. The molecule has 2 atom stereocenters. The van der Waals surface area contributed by atoms with E-state index < -0.39 is 13.9 Å². The molecule has 0 amide bonds. The molecule has 314 valence electrons. The van der Waals surface area contributed by atoms with Crippen molar-refractivity contribution in [3.63, 3.8) is 0 Å². The van der Waals surface area contributed by atoms with E-state index in [1.807, 2.05) is 21.1 Å². The molecule has 0 saturated heterocycles. The number of unbranched alkanes of at least 4 members (excludes halogenated alkanes) is 23. The quantitative estimate of drug-likeness (QED) is 0.0201. The predicted octanol–water partition coefficient (Wildman–Crippen LogP) is 12.2. The maximum atomic E-state index is 12.6. The van der Waals surface area contributed by atoms with Gasteiger partial charge >= 0.3 is 5.97 Å². The van der Waals surface area contributed by atoms with Gasteiger partial charge in [0.25, 0.3) is 7.82 Å².